The molecule has 180 valence electrons. The van der Waals surface area contributed by atoms with E-state index in [-0.39, 0.29) is 40.0 Å². The van der Waals surface area contributed by atoms with Gasteiger partial charge in [-0.2, -0.15) is 13.2 Å². The van der Waals surface area contributed by atoms with Gasteiger partial charge in [-0.05, 0) is 43.2 Å². The van der Waals surface area contributed by atoms with Crippen LogP contribution < -0.4 is 9.03 Å². The fourth-order valence-electron chi connectivity index (χ4n) is 3.11. The number of fused-ring (bicyclic) bond motifs is 1. The molecular formula is C20H20ClF3N2O4S3. The molecule has 13 heteroatoms. The molecule has 0 aliphatic heterocycles. The first kappa shape index (κ1) is 25.6. The van der Waals surface area contributed by atoms with Crippen molar-refractivity contribution in [3.8, 4) is 0 Å². The van der Waals surface area contributed by atoms with Crippen molar-refractivity contribution in [2.45, 2.75) is 30.3 Å². The zero-order valence-electron chi connectivity index (χ0n) is 17.3. The first-order valence-electron chi connectivity index (χ1n) is 9.62. The lowest BCUT2D eigenvalue weighted by molar-refractivity contribution is -0.135. The molecule has 2 aromatic carbocycles. The summed E-state index contributed by atoms with van der Waals surface area (Å²) in [6, 6.07) is 12.1. The zero-order chi connectivity index (χ0) is 24.4. The van der Waals surface area contributed by atoms with Crippen LogP contribution in [0.5, 0.6) is 0 Å². The Hall–Kier alpha value is -2.02. The third kappa shape index (κ3) is 6.52. The second-order valence-corrected chi connectivity index (χ2v) is 12.3. The van der Waals surface area contributed by atoms with E-state index in [2.05, 4.69) is 4.72 Å². The van der Waals surface area contributed by atoms with E-state index in [9.17, 15) is 30.0 Å². The Kier molecular flexibility index (Phi) is 7.52. The Labute approximate surface area is 199 Å². The number of halogens is 4. The Bertz CT molecular complexity index is 1340. The molecule has 33 heavy (non-hydrogen) atoms. The maximum absolute atomic E-state index is 13.5. The molecule has 3 rings (SSSR count). The van der Waals surface area contributed by atoms with Crippen LogP contribution in [-0.4, -0.2) is 35.8 Å². The highest BCUT2D eigenvalue weighted by Crippen LogP contribution is 2.44. The molecule has 0 saturated heterocycles. The van der Waals surface area contributed by atoms with Gasteiger partial charge in [-0.15, -0.1) is 11.3 Å². The lowest BCUT2D eigenvalue weighted by atomic mass is 10.2. The summed E-state index contributed by atoms with van der Waals surface area (Å²) in [5.41, 5.74) is 0.174. The molecule has 0 unspecified atom stereocenters. The number of benzene rings is 2. The van der Waals surface area contributed by atoms with Crippen LogP contribution in [0.3, 0.4) is 0 Å². The van der Waals surface area contributed by atoms with E-state index >= 15 is 0 Å². The molecule has 0 bridgehead atoms. The van der Waals surface area contributed by atoms with Crippen molar-refractivity contribution in [2.75, 3.05) is 21.8 Å². The van der Waals surface area contributed by atoms with Crippen LogP contribution in [0, 0.1) is 0 Å². The summed E-state index contributed by atoms with van der Waals surface area (Å²) < 4.78 is 91.4. The van der Waals surface area contributed by atoms with Gasteiger partial charge < -0.3 is 0 Å². The second kappa shape index (κ2) is 9.69. The largest absolute Gasteiger partial charge is 0.389 e. The lowest BCUT2D eigenvalue weighted by Gasteiger charge is -2.24. The number of nitrogens with one attached hydrogen (secondary N) is 1. The average Bonchev–Trinajstić information content (AvgIpc) is 3.02. The van der Waals surface area contributed by atoms with Gasteiger partial charge in [-0.1, -0.05) is 29.8 Å². The summed E-state index contributed by atoms with van der Waals surface area (Å²) in [5, 5.41) is 1.05. The third-order valence-electron chi connectivity index (χ3n) is 4.56. The van der Waals surface area contributed by atoms with Crippen molar-refractivity contribution in [3.05, 3.63) is 53.6 Å². The van der Waals surface area contributed by atoms with E-state index in [1.165, 1.54) is 24.3 Å². The number of sulfonamides is 2. The van der Waals surface area contributed by atoms with E-state index in [4.69, 9.17) is 11.6 Å². The molecule has 0 fully saturated rings. The number of unbranched alkanes of at least 4 members (excludes halogenated alkanes) is 1. The molecule has 3 aromatic rings. The van der Waals surface area contributed by atoms with Crippen LogP contribution in [0.2, 0.25) is 5.02 Å². The van der Waals surface area contributed by atoms with Crippen molar-refractivity contribution < 1.29 is 30.0 Å². The minimum absolute atomic E-state index is 0.0307. The van der Waals surface area contributed by atoms with Crippen LogP contribution in [-0.2, 0) is 20.0 Å². The summed E-state index contributed by atoms with van der Waals surface area (Å²) in [5.74, 6) is 0. The molecule has 1 heterocycles. The van der Waals surface area contributed by atoms with E-state index in [1.807, 2.05) is 0 Å². The molecule has 6 nitrogen and oxygen atoms in total. The first-order valence-corrected chi connectivity index (χ1v) is 14.1. The molecule has 0 atom stereocenters. The zero-order valence-corrected chi connectivity index (χ0v) is 20.5. The Morgan fingerprint density at radius 3 is 2.21 bits per heavy atom. The number of hydrogen-bond acceptors (Lipinski definition) is 5. The predicted molar refractivity (Wildman–Crippen MR) is 126 cm³/mol. The molecule has 1 N–H and O–H groups in total. The van der Waals surface area contributed by atoms with Crippen molar-refractivity contribution in [2.24, 2.45) is 0 Å². The van der Waals surface area contributed by atoms with Gasteiger partial charge in [0.15, 0.2) is 0 Å². The summed E-state index contributed by atoms with van der Waals surface area (Å²) in [7, 11) is -7.75. The Balaban J connectivity index is 1.97. The predicted octanol–water partition coefficient (Wildman–Crippen LogP) is 5.85. The minimum Gasteiger partial charge on any atom is -0.284 e. The van der Waals surface area contributed by atoms with Crippen molar-refractivity contribution in [1.82, 2.24) is 0 Å². The smallest absolute Gasteiger partial charge is 0.284 e. The molecule has 0 amide bonds. The van der Waals surface area contributed by atoms with Gasteiger partial charge in [0.25, 0.3) is 10.0 Å². The van der Waals surface area contributed by atoms with Crippen LogP contribution in [0.15, 0.2) is 53.4 Å². The summed E-state index contributed by atoms with van der Waals surface area (Å²) in [6.07, 6.45) is -4.66. The normalized spacial score (nSPS) is 12.8. The van der Waals surface area contributed by atoms with Crippen LogP contribution in [0.4, 0.5) is 23.9 Å². The van der Waals surface area contributed by atoms with Gasteiger partial charge in [0.2, 0.25) is 10.0 Å². The topological polar surface area (TPSA) is 83.5 Å². The van der Waals surface area contributed by atoms with E-state index in [0.717, 1.165) is 26.6 Å². The highest BCUT2D eigenvalue weighted by atomic mass is 35.5. The maximum Gasteiger partial charge on any atom is 0.389 e. The molecule has 1 aromatic heterocycles. The lowest BCUT2D eigenvalue weighted by Crippen LogP contribution is -2.31. The molecule has 0 radical (unpaired) electrons. The van der Waals surface area contributed by atoms with Gasteiger partial charge >= 0.3 is 6.18 Å². The van der Waals surface area contributed by atoms with Crippen molar-refractivity contribution >= 4 is 63.8 Å². The third-order valence-corrected chi connectivity index (χ3v) is 8.79. The van der Waals surface area contributed by atoms with E-state index in [0.29, 0.717) is 5.39 Å². The molecular weight excluding hydrogens is 521 g/mol. The first-order chi connectivity index (χ1) is 15.3. The second-order valence-electron chi connectivity index (χ2n) is 7.27. The number of anilines is 2. The molecule has 0 aliphatic carbocycles. The van der Waals surface area contributed by atoms with Crippen molar-refractivity contribution in [1.29, 1.82) is 0 Å². The highest BCUT2D eigenvalue weighted by Gasteiger charge is 2.30. The standard InChI is InChI=1S/C20H20ClF3N2O4S3/c1-32(27,28)25-14-8-10-15(11-9-14)33(29,30)26(13-5-4-12-20(22,23)24)19-18(21)16-6-2-3-7-17(16)31-19/h2-3,6-11,25H,4-5,12-13H2,1H3. The number of alkyl halides is 3. The maximum atomic E-state index is 13.5. The summed E-state index contributed by atoms with van der Waals surface area (Å²) in [6.45, 7) is -0.200. The SMILES string of the molecule is CS(=O)(=O)Nc1ccc(S(=O)(=O)N(CCCCC(F)(F)F)c2sc3ccccc3c2Cl)cc1. The van der Waals surface area contributed by atoms with E-state index < -0.39 is 32.6 Å². The van der Waals surface area contributed by atoms with Gasteiger partial charge in [0.1, 0.15) is 5.00 Å². The number of thiophene rings is 1. The van der Waals surface area contributed by atoms with Gasteiger partial charge in [0.05, 0.1) is 16.2 Å². The average molecular weight is 541 g/mol. The fourth-order valence-corrected chi connectivity index (χ4v) is 7.01. The summed E-state index contributed by atoms with van der Waals surface area (Å²) >= 11 is 7.61. The van der Waals surface area contributed by atoms with Crippen LogP contribution in [0.25, 0.3) is 10.1 Å². The highest BCUT2D eigenvalue weighted by molar-refractivity contribution is 7.93. The monoisotopic (exact) mass is 540 g/mol. The van der Waals surface area contributed by atoms with Crippen molar-refractivity contribution in [3.63, 3.8) is 0 Å². The molecule has 0 saturated carbocycles. The molecule has 0 spiro atoms. The minimum atomic E-state index is -4.33. The fraction of sp³-hybridized carbons (Fsp3) is 0.300. The van der Waals surface area contributed by atoms with Crippen LogP contribution in [0.1, 0.15) is 19.3 Å². The number of hydrogen-bond donors (Lipinski definition) is 1. The quantitative estimate of drug-likeness (QED) is 0.345. The Morgan fingerprint density at radius 2 is 1.64 bits per heavy atom. The van der Waals surface area contributed by atoms with Gasteiger partial charge in [-0.25, -0.2) is 16.8 Å². The van der Waals surface area contributed by atoms with Gasteiger partial charge in [0, 0.05) is 28.7 Å². The number of nitrogens with zero attached hydrogens (tertiary/aromatic N) is 1. The van der Waals surface area contributed by atoms with Gasteiger partial charge in [-0.3, -0.25) is 9.03 Å². The summed E-state index contributed by atoms with van der Waals surface area (Å²) in [4.78, 5) is -0.147. The van der Waals surface area contributed by atoms with E-state index in [1.54, 1.807) is 24.3 Å². The van der Waals surface area contributed by atoms with Crippen LogP contribution >= 0.6 is 22.9 Å². The Morgan fingerprint density at radius 1 is 1.00 bits per heavy atom. The number of rotatable bonds is 9. The molecule has 0 aliphatic rings.